The van der Waals surface area contributed by atoms with E-state index in [1.165, 1.54) is 12.1 Å². The standard InChI is InChI=1S/C15H14FN3O/c1-2-20-15-8-11(4-5-13(15)18)19-14-6-3-10(9-17)7-12(14)16/h3-8,19H,2,18H2,1H3. The minimum absolute atomic E-state index is 0.278. The van der Waals surface area contributed by atoms with Crippen LogP contribution in [0.4, 0.5) is 21.5 Å². The van der Waals surface area contributed by atoms with Crippen LogP contribution in [0.1, 0.15) is 12.5 Å². The van der Waals surface area contributed by atoms with Crippen molar-refractivity contribution in [2.75, 3.05) is 17.7 Å². The molecule has 0 saturated carbocycles. The van der Waals surface area contributed by atoms with Gasteiger partial charge in [0.25, 0.3) is 0 Å². The third kappa shape index (κ3) is 2.98. The summed E-state index contributed by atoms with van der Waals surface area (Å²) in [4.78, 5) is 0. The van der Waals surface area contributed by atoms with Gasteiger partial charge in [-0.1, -0.05) is 0 Å². The summed E-state index contributed by atoms with van der Waals surface area (Å²) >= 11 is 0. The molecule has 0 heterocycles. The van der Waals surface area contributed by atoms with Crippen molar-refractivity contribution >= 4 is 17.1 Å². The van der Waals surface area contributed by atoms with Gasteiger partial charge in [0, 0.05) is 11.8 Å². The van der Waals surface area contributed by atoms with Crippen LogP contribution in [0.5, 0.6) is 5.75 Å². The highest BCUT2D eigenvalue weighted by Crippen LogP contribution is 2.28. The zero-order chi connectivity index (χ0) is 14.5. The number of nitrogens with two attached hydrogens (primary N) is 1. The van der Waals surface area contributed by atoms with Crippen LogP contribution in [0, 0.1) is 17.1 Å². The average Bonchev–Trinajstić information content (AvgIpc) is 2.45. The molecule has 0 amide bonds. The van der Waals surface area contributed by atoms with Crippen LogP contribution >= 0.6 is 0 Å². The second kappa shape index (κ2) is 5.93. The Bertz CT molecular complexity index is 665. The summed E-state index contributed by atoms with van der Waals surface area (Å²) in [5.41, 5.74) is 7.52. The molecule has 5 heteroatoms. The molecule has 2 aromatic rings. The average molecular weight is 271 g/mol. The largest absolute Gasteiger partial charge is 0.492 e. The molecule has 0 saturated heterocycles. The van der Waals surface area contributed by atoms with Gasteiger partial charge in [-0.15, -0.1) is 0 Å². The fourth-order valence-corrected chi connectivity index (χ4v) is 1.73. The zero-order valence-corrected chi connectivity index (χ0v) is 11.0. The second-order valence-corrected chi connectivity index (χ2v) is 4.12. The number of nitrogens with one attached hydrogen (secondary N) is 1. The molecule has 102 valence electrons. The molecule has 0 aliphatic carbocycles. The molecular formula is C15H14FN3O. The number of hydrogen-bond acceptors (Lipinski definition) is 4. The van der Waals surface area contributed by atoms with Crippen LogP contribution in [0.25, 0.3) is 0 Å². The van der Waals surface area contributed by atoms with Gasteiger partial charge in [-0.3, -0.25) is 0 Å². The number of ether oxygens (including phenoxy) is 1. The van der Waals surface area contributed by atoms with E-state index in [0.29, 0.717) is 23.7 Å². The molecule has 0 spiro atoms. The molecule has 3 N–H and O–H groups in total. The van der Waals surface area contributed by atoms with Gasteiger partial charge >= 0.3 is 0 Å². The number of rotatable bonds is 4. The normalized spacial score (nSPS) is 9.85. The maximum Gasteiger partial charge on any atom is 0.147 e. The molecule has 4 nitrogen and oxygen atoms in total. The van der Waals surface area contributed by atoms with Crippen molar-refractivity contribution in [1.29, 1.82) is 5.26 Å². The third-order valence-electron chi connectivity index (χ3n) is 2.69. The first-order valence-electron chi connectivity index (χ1n) is 6.13. The summed E-state index contributed by atoms with van der Waals surface area (Å²) in [7, 11) is 0. The van der Waals surface area contributed by atoms with Gasteiger partial charge < -0.3 is 15.8 Å². The van der Waals surface area contributed by atoms with Gasteiger partial charge in [-0.25, -0.2) is 4.39 Å². The Balaban J connectivity index is 2.26. The van der Waals surface area contributed by atoms with Crippen LogP contribution in [0.2, 0.25) is 0 Å². The van der Waals surface area contributed by atoms with E-state index in [-0.39, 0.29) is 11.3 Å². The van der Waals surface area contributed by atoms with E-state index in [9.17, 15) is 4.39 Å². The lowest BCUT2D eigenvalue weighted by Gasteiger charge is -2.11. The van der Waals surface area contributed by atoms with Gasteiger partial charge in [-0.2, -0.15) is 5.26 Å². The number of anilines is 3. The maximum absolute atomic E-state index is 13.8. The Hall–Kier alpha value is -2.74. The molecule has 0 radical (unpaired) electrons. The van der Waals surface area contributed by atoms with Gasteiger partial charge in [0.1, 0.15) is 11.6 Å². The summed E-state index contributed by atoms with van der Waals surface area (Å²) in [5.74, 6) is 0.0605. The lowest BCUT2D eigenvalue weighted by Crippen LogP contribution is -1.99. The fourth-order valence-electron chi connectivity index (χ4n) is 1.73. The lowest BCUT2D eigenvalue weighted by atomic mass is 10.2. The van der Waals surface area contributed by atoms with E-state index in [2.05, 4.69) is 5.32 Å². The molecule has 0 unspecified atom stereocenters. The summed E-state index contributed by atoms with van der Waals surface area (Å²) < 4.78 is 19.2. The monoisotopic (exact) mass is 271 g/mol. The van der Waals surface area contributed by atoms with Crippen LogP contribution in [-0.4, -0.2) is 6.61 Å². The molecule has 0 aromatic heterocycles. The first-order valence-corrected chi connectivity index (χ1v) is 6.13. The van der Waals surface area contributed by atoms with Crippen molar-refractivity contribution < 1.29 is 9.13 Å². The molecule has 20 heavy (non-hydrogen) atoms. The summed E-state index contributed by atoms with van der Waals surface area (Å²) in [6, 6.07) is 11.3. The van der Waals surface area contributed by atoms with Gasteiger partial charge in [0.05, 0.1) is 29.6 Å². The highest BCUT2D eigenvalue weighted by Gasteiger charge is 2.06. The van der Waals surface area contributed by atoms with Crippen LogP contribution < -0.4 is 15.8 Å². The first kappa shape index (κ1) is 13.7. The third-order valence-corrected chi connectivity index (χ3v) is 2.69. The smallest absolute Gasteiger partial charge is 0.147 e. The minimum atomic E-state index is -0.487. The summed E-state index contributed by atoms with van der Waals surface area (Å²) in [6.07, 6.45) is 0. The molecule has 0 atom stereocenters. The maximum atomic E-state index is 13.8. The quantitative estimate of drug-likeness (QED) is 0.836. The molecule has 0 aliphatic rings. The van der Waals surface area contributed by atoms with Crippen LogP contribution in [-0.2, 0) is 0 Å². The van der Waals surface area contributed by atoms with Crippen LogP contribution in [0.3, 0.4) is 0 Å². The number of benzene rings is 2. The second-order valence-electron chi connectivity index (χ2n) is 4.12. The fraction of sp³-hybridized carbons (Fsp3) is 0.133. The molecule has 0 aliphatic heterocycles. The summed E-state index contributed by atoms with van der Waals surface area (Å²) in [5, 5.41) is 11.6. The van der Waals surface area contributed by atoms with Crippen molar-refractivity contribution in [3.63, 3.8) is 0 Å². The Morgan fingerprint density at radius 2 is 2.10 bits per heavy atom. The molecule has 0 fully saturated rings. The first-order chi connectivity index (χ1) is 9.63. The minimum Gasteiger partial charge on any atom is -0.492 e. The van der Waals surface area contributed by atoms with Gasteiger partial charge in [-0.05, 0) is 37.3 Å². The Kier molecular flexibility index (Phi) is 4.06. The number of halogens is 1. The predicted molar refractivity (Wildman–Crippen MR) is 76.4 cm³/mol. The van der Waals surface area contributed by atoms with E-state index in [0.717, 1.165) is 0 Å². The highest BCUT2D eigenvalue weighted by molar-refractivity contribution is 5.67. The Labute approximate surface area is 116 Å². The van der Waals surface area contributed by atoms with E-state index in [1.807, 2.05) is 13.0 Å². The number of nitriles is 1. The van der Waals surface area contributed by atoms with E-state index < -0.39 is 5.82 Å². The lowest BCUT2D eigenvalue weighted by molar-refractivity contribution is 0.342. The summed E-state index contributed by atoms with van der Waals surface area (Å²) in [6.45, 7) is 2.36. The number of nitrogen functional groups attached to an aromatic ring is 1. The molecule has 2 aromatic carbocycles. The van der Waals surface area contributed by atoms with Gasteiger partial charge in [0.15, 0.2) is 0 Å². The Morgan fingerprint density at radius 1 is 1.30 bits per heavy atom. The van der Waals surface area contributed by atoms with Crippen molar-refractivity contribution in [1.82, 2.24) is 0 Å². The van der Waals surface area contributed by atoms with E-state index in [1.54, 1.807) is 24.3 Å². The van der Waals surface area contributed by atoms with Crippen molar-refractivity contribution in [3.8, 4) is 11.8 Å². The van der Waals surface area contributed by atoms with Crippen molar-refractivity contribution in [2.24, 2.45) is 0 Å². The van der Waals surface area contributed by atoms with Crippen molar-refractivity contribution in [3.05, 3.63) is 47.8 Å². The van der Waals surface area contributed by atoms with E-state index in [4.69, 9.17) is 15.7 Å². The van der Waals surface area contributed by atoms with Crippen molar-refractivity contribution in [2.45, 2.75) is 6.92 Å². The predicted octanol–water partition coefficient (Wildman–Crippen LogP) is 3.42. The SMILES string of the molecule is CCOc1cc(Nc2ccc(C#N)cc2F)ccc1N. The zero-order valence-electron chi connectivity index (χ0n) is 11.0. The Morgan fingerprint density at radius 3 is 2.75 bits per heavy atom. The topological polar surface area (TPSA) is 71.1 Å². The molecular weight excluding hydrogens is 257 g/mol. The molecule has 2 rings (SSSR count). The highest BCUT2D eigenvalue weighted by atomic mass is 19.1. The number of nitrogens with zero attached hydrogens (tertiary/aromatic N) is 1. The number of hydrogen-bond donors (Lipinski definition) is 2. The van der Waals surface area contributed by atoms with E-state index >= 15 is 0 Å². The van der Waals surface area contributed by atoms with Gasteiger partial charge in [0.2, 0.25) is 0 Å². The molecule has 0 bridgehead atoms. The van der Waals surface area contributed by atoms with Crippen LogP contribution in [0.15, 0.2) is 36.4 Å².